The van der Waals surface area contributed by atoms with Gasteiger partial charge in [-0.15, -0.1) is 0 Å². The first-order valence-electron chi connectivity index (χ1n) is 8.78. The van der Waals surface area contributed by atoms with Gasteiger partial charge in [0, 0.05) is 26.1 Å². The van der Waals surface area contributed by atoms with Crippen molar-refractivity contribution in [2.45, 2.75) is 26.2 Å². The Morgan fingerprint density at radius 1 is 1.35 bits per heavy atom. The third-order valence-electron chi connectivity index (χ3n) is 4.78. The number of hydrogen-bond acceptors (Lipinski definition) is 3. The minimum Gasteiger partial charge on any atom is -0.481 e. The molecule has 0 radical (unpaired) electrons. The lowest BCUT2D eigenvalue weighted by Crippen LogP contribution is -2.47. The molecule has 7 heteroatoms. The highest BCUT2D eigenvalue weighted by atomic mass is 19.1. The molecule has 2 unspecified atom stereocenters. The number of piperidine rings is 1. The lowest BCUT2D eigenvalue weighted by Gasteiger charge is -2.32. The van der Waals surface area contributed by atoms with Crippen molar-refractivity contribution in [2.75, 3.05) is 26.7 Å². The van der Waals surface area contributed by atoms with Crippen molar-refractivity contribution >= 4 is 17.8 Å². The third kappa shape index (κ3) is 5.03. The molecule has 0 saturated carbocycles. The summed E-state index contributed by atoms with van der Waals surface area (Å²) < 4.78 is 13.7. The molecular formula is C19H25FN2O4. The number of benzene rings is 1. The number of halogens is 1. The zero-order valence-electron chi connectivity index (χ0n) is 15.2. The van der Waals surface area contributed by atoms with E-state index in [1.165, 1.54) is 22.9 Å². The van der Waals surface area contributed by atoms with Crippen molar-refractivity contribution in [3.05, 3.63) is 35.6 Å². The first kappa shape index (κ1) is 19.9. The van der Waals surface area contributed by atoms with Gasteiger partial charge in [0.05, 0.1) is 12.5 Å². The van der Waals surface area contributed by atoms with Gasteiger partial charge >= 0.3 is 5.97 Å². The maximum atomic E-state index is 13.7. The van der Waals surface area contributed by atoms with Crippen LogP contribution in [0.2, 0.25) is 0 Å². The first-order chi connectivity index (χ1) is 12.3. The van der Waals surface area contributed by atoms with Crippen LogP contribution in [0.3, 0.4) is 0 Å². The number of carboxylic acids is 1. The van der Waals surface area contributed by atoms with Crippen LogP contribution in [-0.2, 0) is 20.8 Å². The van der Waals surface area contributed by atoms with E-state index in [1.54, 1.807) is 25.1 Å². The molecule has 0 aromatic heterocycles. The largest absolute Gasteiger partial charge is 0.481 e. The molecule has 0 bridgehead atoms. The monoisotopic (exact) mass is 364 g/mol. The van der Waals surface area contributed by atoms with E-state index in [0.717, 1.165) is 0 Å². The Morgan fingerprint density at radius 2 is 2.04 bits per heavy atom. The van der Waals surface area contributed by atoms with E-state index in [2.05, 4.69) is 0 Å². The second kappa shape index (κ2) is 8.78. The number of nitrogens with zero attached hydrogens (tertiary/aromatic N) is 2. The lowest BCUT2D eigenvalue weighted by molar-refractivity contribution is -0.147. The number of carbonyl (C=O) groups excluding carboxylic acids is 2. The minimum absolute atomic E-state index is 0.104. The average Bonchev–Trinajstić information content (AvgIpc) is 2.62. The number of aliphatic carboxylic acids is 1. The number of likely N-dealkylation sites (tertiary alicyclic amines) is 1. The van der Waals surface area contributed by atoms with Crippen LogP contribution in [0.5, 0.6) is 0 Å². The summed E-state index contributed by atoms with van der Waals surface area (Å²) in [7, 11) is 1.54. The van der Waals surface area contributed by atoms with Gasteiger partial charge in [-0.25, -0.2) is 4.39 Å². The van der Waals surface area contributed by atoms with Gasteiger partial charge in [0.1, 0.15) is 5.82 Å². The van der Waals surface area contributed by atoms with Crippen LogP contribution in [0.15, 0.2) is 24.3 Å². The van der Waals surface area contributed by atoms with Crippen LogP contribution in [-0.4, -0.2) is 59.4 Å². The Bertz CT molecular complexity index is 679. The average molecular weight is 364 g/mol. The molecular weight excluding hydrogens is 339 g/mol. The predicted molar refractivity (Wildman–Crippen MR) is 93.8 cm³/mol. The Hall–Kier alpha value is -2.44. The van der Waals surface area contributed by atoms with Gasteiger partial charge < -0.3 is 14.9 Å². The fourth-order valence-corrected chi connectivity index (χ4v) is 3.24. The van der Waals surface area contributed by atoms with Crippen molar-refractivity contribution in [2.24, 2.45) is 11.8 Å². The molecule has 1 saturated heterocycles. The molecule has 1 aromatic rings. The van der Waals surface area contributed by atoms with Gasteiger partial charge in [0.25, 0.3) is 0 Å². The highest BCUT2D eigenvalue weighted by Gasteiger charge is 2.29. The topological polar surface area (TPSA) is 77.9 Å². The van der Waals surface area contributed by atoms with E-state index >= 15 is 0 Å². The van der Waals surface area contributed by atoms with E-state index in [4.69, 9.17) is 5.11 Å². The summed E-state index contributed by atoms with van der Waals surface area (Å²) in [5.74, 6) is -2.76. The van der Waals surface area contributed by atoms with E-state index in [-0.39, 0.29) is 37.1 Å². The molecule has 2 amide bonds. The number of rotatable bonds is 6. The van der Waals surface area contributed by atoms with Gasteiger partial charge in [0.2, 0.25) is 11.8 Å². The fraction of sp³-hybridized carbons (Fsp3) is 0.526. The summed E-state index contributed by atoms with van der Waals surface area (Å²) in [6.45, 7) is 2.29. The van der Waals surface area contributed by atoms with Crippen LogP contribution in [0.1, 0.15) is 25.3 Å². The van der Waals surface area contributed by atoms with E-state index in [0.29, 0.717) is 24.9 Å². The van der Waals surface area contributed by atoms with Crippen molar-refractivity contribution in [1.29, 1.82) is 0 Å². The second-order valence-corrected chi connectivity index (χ2v) is 6.91. The van der Waals surface area contributed by atoms with E-state index in [9.17, 15) is 18.8 Å². The minimum atomic E-state index is -0.898. The van der Waals surface area contributed by atoms with Crippen LogP contribution < -0.4 is 0 Å². The summed E-state index contributed by atoms with van der Waals surface area (Å²) in [5, 5.41) is 9.11. The zero-order valence-corrected chi connectivity index (χ0v) is 15.2. The van der Waals surface area contributed by atoms with Gasteiger partial charge in [-0.1, -0.05) is 25.1 Å². The Balaban J connectivity index is 1.90. The standard InChI is InChI=1S/C19H25FN2O4/c1-13(10-14-6-3-4-8-16(14)20)18(24)21(2)12-17(23)22-9-5-7-15(11-22)19(25)26/h3-4,6,8,13,15H,5,7,9-12H2,1-2H3,(H,25,26). The molecule has 142 valence electrons. The molecule has 26 heavy (non-hydrogen) atoms. The number of hydrogen-bond donors (Lipinski definition) is 1. The fourth-order valence-electron chi connectivity index (χ4n) is 3.24. The van der Waals surface area contributed by atoms with Crippen molar-refractivity contribution in [3.8, 4) is 0 Å². The van der Waals surface area contributed by atoms with Gasteiger partial charge in [0.15, 0.2) is 0 Å². The molecule has 1 fully saturated rings. The molecule has 1 aliphatic rings. The van der Waals surface area contributed by atoms with E-state index in [1.807, 2.05) is 0 Å². The normalized spacial score (nSPS) is 18.3. The Labute approximate surface area is 152 Å². The quantitative estimate of drug-likeness (QED) is 0.835. The maximum Gasteiger partial charge on any atom is 0.308 e. The smallest absolute Gasteiger partial charge is 0.308 e. The first-order valence-corrected chi connectivity index (χ1v) is 8.78. The van der Waals surface area contributed by atoms with Crippen LogP contribution in [0.4, 0.5) is 4.39 Å². The van der Waals surface area contributed by atoms with Crippen molar-refractivity contribution < 1.29 is 23.9 Å². The molecule has 2 rings (SSSR count). The number of carbonyl (C=O) groups is 3. The molecule has 6 nitrogen and oxygen atoms in total. The van der Waals surface area contributed by atoms with Gasteiger partial charge in [-0.3, -0.25) is 14.4 Å². The third-order valence-corrected chi connectivity index (χ3v) is 4.78. The molecule has 0 aliphatic carbocycles. The lowest BCUT2D eigenvalue weighted by atomic mass is 9.98. The Morgan fingerprint density at radius 3 is 2.69 bits per heavy atom. The van der Waals surface area contributed by atoms with E-state index < -0.39 is 17.8 Å². The zero-order chi connectivity index (χ0) is 19.3. The SMILES string of the molecule is CC(Cc1ccccc1F)C(=O)N(C)CC(=O)N1CCCC(C(=O)O)C1. The summed E-state index contributed by atoms with van der Waals surface area (Å²) >= 11 is 0. The number of carboxylic acid groups (broad SMARTS) is 1. The summed E-state index contributed by atoms with van der Waals surface area (Å²) in [6, 6.07) is 6.32. The molecule has 2 atom stereocenters. The number of likely N-dealkylation sites (N-methyl/N-ethyl adjacent to an activating group) is 1. The maximum absolute atomic E-state index is 13.7. The highest BCUT2D eigenvalue weighted by Crippen LogP contribution is 2.18. The highest BCUT2D eigenvalue weighted by molar-refractivity contribution is 5.86. The van der Waals surface area contributed by atoms with Gasteiger partial charge in [-0.2, -0.15) is 0 Å². The van der Waals surface area contributed by atoms with Crippen LogP contribution in [0, 0.1) is 17.7 Å². The summed E-state index contributed by atoms with van der Waals surface area (Å²) in [6.07, 6.45) is 1.46. The molecule has 0 spiro atoms. The number of amides is 2. The second-order valence-electron chi connectivity index (χ2n) is 6.91. The molecule has 1 heterocycles. The molecule has 1 aromatic carbocycles. The van der Waals surface area contributed by atoms with Crippen molar-refractivity contribution in [3.63, 3.8) is 0 Å². The van der Waals surface area contributed by atoms with Crippen LogP contribution in [0.25, 0.3) is 0 Å². The summed E-state index contributed by atoms with van der Waals surface area (Å²) in [5.41, 5.74) is 0.466. The Kier molecular flexibility index (Phi) is 6.71. The van der Waals surface area contributed by atoms with Gasteiger partial charge in [-0.05, 0) is 30.9 Å². The molecule has 1 aliphatic heterocycles. The molecule has 1 N–H and O–H groups in total. The van der Waals surface area contributed by atoms with Crippen molar-refractivity contribution in [1.82, 2.24) is 9.80 Å². The summed E-state index contributed by atoms with van der Waals surface area (Å²) in [4.78, 5) is 38.8. The van der Waals surface area contributed by atoms with Crippen LogP contribution >= 0.6 is 0 Å². The predicted octanol–water partition coefficient (Wildman–Crippen LogP) is 1.79.